The van der Waals surface area contributed by atoms with Crippen molar-refractivity contribution in [2.75, 3.05) is 18.1 Å². The third-order valence-electron chi connectivity index (χ3n) is 3.74. The monoisotopic (exact) mass is 266 g/mol. The molecule has 0 bridgehead atoms. The molecule has 2 fully saturated rings. The molecule has 3 nitrogen and oxygen atoms in total. The Bertz CT molecular complexity index is 389. The van der Waals surface area contributed by atoms with Crippen LogP contribution in [0.3, 0.4) is 0 Å². The van der Waals surface area contributed by atoms with Gasteiger partial charge >= 0.3 is 0 Å². The van der Waals surface area contributed by atoms with Crippen molar-refractivity contribution in [3.05, 3.63) is 23.7 Å². The molecule has 1 saturated carbocycles. The third-order valence-corrected chi connectivity index (χ3v) is 4.93. The van der Waals surface area contributed by atoms with E-state index in [4.69, 9.17) is 4.42 Å². The molecule has 3 rings (SSSR count). The molecule has 1 saturated heterocycles. The minimum Gasteiger partial charge on any atom is -0.468 e. The smallest absolute Gasteiger partial charge is 0.118 e. The van der Waals surface area contributed by atoms with Crippen LogP contribution >= 0.6 is 11.8 Å². The Labute approximate surface area is 113 Å². The van der Waals surface area contributed by atoms with E-state index in [1.807, 2.05) is 6.26 Å². The van der Waals surface area contributed by atoms with Crippen molar-refractivity contribution in [2.45, 2.75) is 44.9 Å². The summed E-state index contributed by atoms with van der Waals surface area (Å²) in [5.41, 5.74) is 1.29. The van der Waals surface area contributed by atoms with Gasteiger partial charge < -0.3 is 9.73 Å². The van der Waals surface area contributed by atoms with E-state index in [-0.39, 0.29) is 0 Å². The fourth-order valence-corrected chi connectivity index (χ4v) is 3.43. The van der Waals surface area contributed by atoms with Crippen molar-refractivity contribution in [1.82, 2.24) is 10.2 Å². The summed E-state index contributed by atoms with van der Waals surface area (Å²) in [7, 11) is 0. The number of thioether (sulfide) groups is 1. The zero-order valence-electron chi connectivity index (χ0n) is 11.0. The van der Waals surface area contributed by atoms with Gasteiger partial charge in [0.25, 0.3) is 0 Å². The van der Waals surface area contributed by atoms with E-state index in [0.29, 0.717) is 6.04 Å². The summed E-state index contributed by atoms with van der Waals surface area (Å²) in [4.78, 5) is 2.52. The highest BCUT2D eigenvalue weighted by molar-refractivity contribution is 7.99. The molecular weight excluding hydrogens is 244 g/mol. The summed E-state index contributed by atoms with van der Waals surface area (Å²) in [5.74, 6) is 3.61. The maximum Gasteiger partial charge on any atom is 0.118 e. The van der Waals surface area contributed by atoms with Crippen LogP contribution in [0.5, 0.6) is 0 Å². The van der Waals surface area contributed by atoms with Gasteiger partial charge in [0.1, 0.15) is 5.76 Å². The number of rotatable bonds is 5. The largest absolute Gasteiger partial charge is 0.468 e. The van der Waals surface area contributed by atoms with Crippen molar-refractivity contribution in [3.63, 3.8) is 0 Å². The lowest BCUT2D eigenvalue weighted by molar-refractivity contribution is 0.206. The maximum absolute atomic E-state index is 5.68. The van der Waals surface area contributed by atoms with Crippen LogP contribution in [-0.4, -0.2) is 35.0 Å². The second-order valence-electron chi connectivity index (χ2n) is 5.47. The van der Waals surface area contributed by atoms with E-state index in [0.717, 1.165) is 24.9 Å². The van der Waals surface area contributed by atoms with Crippen LogP contribution in [0.4, 0.5) is 0 Å². The predicted molar refractivity (Wildman–Crippen MR) is 75.8 cm³/mol. The summed E-state index contributed by atoms with van der Waals surface area (Å²) in [5, 5.41) is 3.52. The normalized spacial score (nSPS) is 25.5. The highest BCUT2D eigenvalue weighted by Crippen LogP contribution is 2.21. The van der Waals surface area contributed by atoms with Gasteiger partial charge in [-0.1, -0.05) is 0 Å². The fourth-order valence-electron chi connectivity index (χ4n) is 2.35. The first-order chi connectivity index (χ1) is 8.81. The van der Waals surface area contributed by atoms with Gasteiger partial charge in [-0.25, -0.2) is 0 Å². The first-order valence-corrected chi connectivity index (χ1v) is 8.08. The summed E-state index contributed by atoms with van der Waals surface area (Å²) < 4.78 is 5.68. The summed E-state index contributed by atoms with van der Waals surface area (Å²) in [6.07, 6.45) is 4.59. The van der Waals surface area contributed by atoms with Crippen molar-refractivity contribution in [3.8, 4) is 0 Å². The standard InChI is InChI=1S/C14H22N2OS/c1-11-10-18-5-4-16(11)8-14-6-12(9-17-14)7-15-13-2-3-13/h6,9,11,13,15H,2-5,7-8,10H2,1H3. The SMILES string of the molecule is CC1CSCCN1Cc1cc(CNC2CC2)co1. The lowest BCUT2D eigenvalue weighted by atomic mass is 10.2. The molecule has 1 aromatic rings. The van der Waals surface area contributed by atoms with Gasteiger partial charge in [-0.2, -0.15) is 11.8 Å². The Morgan fingerprint density at radius 1 is 1.50 bits per heavy atom. The average Bonchev–Trinajstić information content (AvgIpc) is 3.10. The van der Waals surface area contributed by atoms with Crippen molar-refractivity contribution in [2.24, 2.45) is 0 Å². The molecule has 1 unspecified atom stereocenters. The van der Waals surface area contributed by atoms with E-state index in [1.54, 1.807) is 0 Å². The van der Waals surface area contributed by atoms with Crippen molar-refractivity contribution >= 4 is 11.8 Å². The number of hydrogen-bond donors (Lipinski definition) is 1. The molecule has 1 aliphatic carbocycles. The second-order valence-corrected chi connectivity index (χ2v) is 6.62. The molecule has 2 aliphatic rings. The van der Waals surface area contributed by atoms with Gasteiger partial charge in [-0.3, -0.25) is 4.90 Å². The lowest BCUT2D eigenvalue weighted by Gasteiger charge is -2.32. The summed E-state index contributed by atoms with van der Waals surface area (Å²) in [6, 6.07) is 3.65. The molecule has 4 heteroatoms. The minimum atomic E-state index is 0.668. The Hall–Kier alpha value is -0.450. The topological polar surface area (TPSA) is 28.4 Å². The number of furan rings is 1. The van der Waals surface area contributed by atoms with Crippen LogP contribution in [0.1, 0.15) is 31.1 Å². The Morgan fingerprint density at radius 2 is 2.39 bits per heavy atom. The van der Waals surface area contributed by atoms with Gasteiger partial charge in [0.05, 0.1) is 12.8 Å². The van der Waals surface area contributed by atoms with E-state index >= 15 is 0 Å². The quantitative estimate of drug-likeness (QED) is 0.886. The fraction of sp³-hybridized carbons (Fsp3) is 0.714. The molecule has 0 amide bonds. The molecule has 0 aromatic carbocycles. The van der Waals surface area contributed by atoms with Crippen LogP contribution < -0.4 is 5.32 Å². The molecule has 1 atom stereocenters. The molecule has 1 aromatic heterocycles. The Balaban J connectivity index is 1.51. The van der Waals surface area contributed by atoms with E-state index in [1.165, 1.54) is 36.5 Å². The highest BCUT2D eigenvalue weighted by Gasteiger charge is 2.21. The number of nitrogens with zero attached hydrogens (tertiary/aromatic N) is 1. The molecule has 0 spiro atoms. The first-order valence-electron chi connectivity index (χ1n) is 6.93. The molecule has 1 aliphatic heterocycles. The van der Waals surface area contributed by atoms with Crippen LogP contribution in [0.25, 0.3) is 0 Å². The van der Waals surface area contributed by atoms with Gasteiger partial charge in [-0.15, -0.1) is 0 Å². The maximum atomic E-state index is 5.68. The van der Waals surface area contributed by atoms with E-state index in [2.05, 4.69) is 35.0 Å². The third kappa shape index (κ3) is 3.31. The zero-order chi connectivity index (χ0) is 12.4. The predicted octanol–water partition coefficient (Wildman–Crippen LogP) is 2.47. The average molecular weight is 266 g/mol. The molecule has 18 heavy (non-hydrogen) atoms. The summed E-state index contributed by atoms with van der Waals surface area (Å²) in [6.45, 7) is 5.41. The molecule has 0 radical (unpaired) electrons. The van der Waals surface area contributed by atoms with Gasteiger partial charge in [0.15, 0.2) is 0 Å². The summed E-state index contributed by atoms with van der Waals surface area (Å²) >= 11 is 2.06. The van der Waals surface area contributed by atoms with Crippen LogP contribution in [0.2, 0.25) is 0 Å². The zero-order valence-corrected chi connectivity index (χ0v) is 11.8. The van der Waals surface area contributed by atoms with Gasteiger partial charge in [0.2, 0.25) is 0 Å². The highest BCUT2D eigenvalue weighted by atomic mass is 32.2. The van der Waals surface area contributed by atoms with Gasteiger partial charge in [0, 0.05) is 42.2 Å². The van der Waals surface area contributed by atoms with Crippen LogP contribution in [-0.2, 0) is 13.1 Å². The van der Waals surface area contributed by atoms with Crippen molar-refractivity contribution in [1.29, 1.82) is 0 Å². The lowest BCUT2D eigenvalue weighted by Crippen LogP contribution is -2.39. The Kier molecular flexibility index (Phi) is 3.97. The second kappa shape index (κ2) is 5.68. The molecule has 1 N–H and O–H groups in total. The van der Waals surface area contributed by atoms with E-state index < -0.39 is 0 Å². The Morgan fingerprint density at radius 3 is 3.17 bits per heavy atom. The van der Waals surface area contributed by atoms with Crippen LogP contribution in [0, 0.1) is 0 Å². The van der Waals surface area contributed by atoms with Crippen LogP contribution in [0.15, 0.2) is 16.7 Å². The number of hydrogen-bond acceptors (Lipinski definition) is 4. The molecule has 2 heterocycles. The molecule has 100 valence electrons. The molecular formula is C14H22N2OS. The number of nitrogens with one attached hydrogen (secondary N) is 1. The van der Waals surface area contributed by atoms with Gasteiger partial charge in [-0.05, 0) is 25.8 Å². The minimum absolute atomic E-state index is 0.668. The van der Waals surface area contributed by atoms with Crippen molar-refractivity contribution < 1.29 is 4.42 Å². The first kappa shape index (κ1) is 12.6. The van der Waals surface area contributed by atoms with E-state index in [9.17, 15) is 0 Å².